The summed E-state index contributed by atoms with van der Waals surface area (Å²) in [6.07, 6.45) is 1.69. The molecule has 2 N–H and O–H groups in total. The summed E-state index contributed by atoms with van der Waals surface area (Å²) in [7, 11) is 1.52. The Balaban J connectivity index is 1.77. The maximum absolute atomic E-state index is 12.7. The lowest BCUT2D eigenvalue weighted by Crippen LogP contribution is -2.28. The van der Waals surface area contributed by atoms with Crippen molar-refractivity contribution in [2.45, 2.75) is 6.54 Å². The number of benzene rings is 2. The van der Waals surface area contributed by atoms with E-state index < -0.39 is 6.03 Å². The molecule has 3 rings (SSSR count). The largest absolute Gasteiger partial charge is 0.495 e. The third-order valence-electron chi connectivity index (χ3n) is 3.92. The van der Waals surface area contributed by atoms with Gasteiger partial charge in [-0.3, -0.25) is 4.79 Å². The molecule has 6 nitrogen and oxygen atoms in total. The van der Waals surface area contributed by atoms with E-state index in [1.807, 2.05) is 24.3 Å². The molecule has 0 aliphatic heterocycles. The predicted octanol–water partition coefficient (Wildman–Crippen LogP) is 4.31. The van der Waals surface area contributed by atoms with Gasteiger partial charge in [0.15, 0.2) is 0 Å². The van der Waals surface area contributed by atoms with Crippen molar-refractivity contribution in [2.24, 2.45) is 0 Å². The van der Waals surface area contributed by atoms with Gasteiger partial charge in [0.2, 0.25) is 0 Å². The number of rotatable bonds is 5. The number of ether oxygens (including phenoxy) is 1. The quantitative estimate of drug-likeness (QED) is 0.636. The van der Waals surface area contributed by atoms with E-state index in [4.69, 9.17) is 4.74 Å². The van der Waals surface area contributed by atoms with Gasteiger partial charge >= 0.3 is 6.03 Å². The molecule has 7 heteroatoms. The molecule has 1 aromatic heterocycles. The number of methoxy groups -OCH3 is 1. The average molecular weight is 428 g/mol. The van der Waals surface area contributed by atoms with Crippen molar-refractivity contribution in [2.75, 3.05) is 17.7 Å². The summed E-state index contributed by atoms with van der Waals surface area (Å²) in [6, 6.07) is 17.5. The van der Waals surface area contributed by atoms with Crippen LogP contribution in [0.25, 0.3) is 0 Å². The first kappa shape index (κ1) is 18.7. The van der Waals surface area contributed by atoms with Crippen LogP contribution in [-0.4, -0.2) is 17.7 Å². The van der Waals surface area contributed by atoms with Gasteiger partial charge in [0.1, 0.15) is 11.4 Å². The van der Waals surface area contributed by atoms with E-state index in [0.717, 1.165) is 10.0 Å². The number of aromatic nitrogens is 1. The third-order valence-corrected chi connectivity index (χ3v) is 4.70. The molecule has 0 aliphatic rings. The van der Waals surface area contributed by atoms with Crippen LogP contribution < -0.4 is 20.9 Å². The Hall–Kier alpha value is -3.06. The SMILES string of the molecule is COc1ccccc1NC(=O)Nc1cccn(Cc2ccccc2Br)c1=O. The molecule has 0 radical (unpaired) electrons. The summed E-state index contributed by atoms with van der Waals surface area (Å²) in [6.45, 7) is 0.393. The van der Waals surface area contributed by atoms with Crippen molar-refractivity contribution >= 4 is 33.3 Å². The normalized spacial score (nSPS) is 10.3. The van der Waals surface area contributed by atoms with E-state index in [1.54, 1.807) is 47.2 Å². The summed E-state index contributed by atoms with van der Waals surface area (Å²) in [4.78, 5) is 25.0. The minimum Gasteiger partial charge on any atom is -0.495 e. The minimum atomic E-state index is -0.518. The molecule has 2 amide bonds. The molecule has 0 spiro atoms. The molecular weight excluding hydrogens is 410 g/mol. The average Bonchev–Trinajstić information content (AvgIpc) is 2.67. The van der Waals surface area contributed by atoms with Crippen LogP contribution >= 0.6 is 15.9 Å². The molecule has 0 fully saturated rings. The standard InChI is InChI=1S/C20H18BrN3O3/c1-27-18-11-5-4-9-16(18)22-20(26)23-17-10-6-12-24(19(17)25)13-14-7-2-3-8-15(14)21/h2-12H,13H2,1H3,(H2,22,23,26). The maximum Gasteiger partial charge on any atom is 0.323 e. The Morgan fingerprint density at radius 2 is 1.67 bits per heavy atom. The van der Waals surface area contributed by atoms with E-state index in [0.29, 0.717) is 18.0 Å². The zero-order chi connectivity index (χ0) is 19.2. The van der Waals surface area contributed by atoms with Gasteiger partial charge in [0.25, 0.3) is 5.56 Å². The Labute approximate surface area is 164 Å². The van der Waals surface area contributed by atoms with E-state index in [-0.39, 0.29) is 11.2 Å². The highest BCUT2D eigenvalue weighted by atomic mass is 79.9. The van der Waals surface area contributed by atoms with E-state index in [1.165, 1.54) is 7.11 Å². The van der Waals surface area contributed by atoms with Crippen LogP contribution in [0.4, 0.5) is 16.2 Å². The van der Waals surface area contributed by atoms with E-state index in [2.05, 4.69) is 26.6 Å². The number of hydrogen-bond acceptors (Lipinski definition) is 3. The molecule has 1 heterocycles. The van der Waals surface area contributed by atoms with Gasteiger partial charge in [-0.15, -0.1) is 0 Å². The van der Waals surface area contributed by atoms with Gasteiger partial charge in [0.05, 0.1) is 19.3 Å². The van der Waals surface area contributed by atoms with Crippen LogP contribution in [0.2, 0.25) is 0 Å². The van der Waals surface area contributed by atoms with Crippen molar-refractivity contribution in [1.29, 1.82) is 0 Å². The lowest BCUT2D eigenvalue weighted by molar-refractivity contribution is 0.262. The first-order valence-corrected chi connectivity index (χ1v) is 9.01. The zero-order valence-corrected chi connectivity index (χ0v) is 16.2. The lowest BCUT2D eigenvalue weighted by Gasteiger charge is -2.12. The van der Waals surface area contributed by atoms with Crippen molar-refractivity contribution in [3.63, 3.8) is 0 Å². The highest BCUT2D eigenvalue weighted by Crippen LogP contribution is 2.23. The fraction of sp³-hybridized carbons (Fsp3) is 0.100. The summed E-state index contributed by atoms with van der Waals surface area (Å²) < 4.78 is 7.67. The van der Waals surface area contributed by atoms with Crippen molar-refractivity contribution in [1.82, 2.24) is 4.57 Å². The van der Waals surface area contributed by atoms with E-state index in [9.17, 15) is 9.59 Å². The van der Waals surface area contributed by atoms with Crippen LogP contribution in [0.3, 0.4) is 0 Å². The van der Waals surface area contributed by atoms with Gasteiger partial charge in [-0.05, 0) is 35.9 Å². The minimum absolute atomic E-state index is 0.192. The van der Waals surface area contributed by atoms with Gasteiger partial charge in [0, 0.05) is 10.7 Å². The summed E-state index contributed by atoms with van der Waals surface area (Å²) in [5.74, 6) is 0.534. The third kappa shape index (κ3) is 4.57. The summed E-state index contributed by atoms with van der Waals surface area (Å²) in [5, 5.41) is 5.28. The summed E-state index contributed by atoms with van der Waals surface area (Å²) >= 11 is 3.48. The molecule has 0 atom stereocenters. The monoisotopic (exact) mass is 427 g/mol. The molecule has 0 bridgehead atoms. The topological polar surface area (TPSA) is 72.4 Å². The predicted molar refractivity (Wildman–Crippen MR) is 110 cm³/mol. The molecule has 138 valence electrons. The number of halogens is 1. The van der Waals surface area contributed by atoms with E-state index >= 15 is 0 Å². The number of hydrogen-bond donors (Lipinski definition) is 2. The number of nitrogens with zero attached hydrogens (tertiary/aromatic N) is 1. The Bertz CT molecular complexity index is 1020. The Morgan fingerprint density at radius 1 is 1.00 bits per heavy atom. The zero-order valence-electron chi connectivity index (χ0n) is 14.6. The number of nitrogens with one attached hydrogen (secondary N) is 2. The fourth-order valence-electron chi connectivity index (χ4n) is 2.59. The number of para-hydroxylation sites is 2. The van der Waals surface area contributed by atoms with Crippen LogP contribution in [0.5, 0.6) is 5.75 Å². The Kier molecular flexibility index (Phi) is 5.93. The first-order valence-electron chi connectivity index (χ1n) is 8.22. The second kappa shape index (κ2) is 8.55. The summed E-state index contributed by atoms with van der Waals surface area (Å²) in [5.41, 5.74) is 1.39. The van der Waals surface area contributed by atoms with Crippen LogP contribution in [-0.2, 0) is 6.54 Å². The Morgan fingerprint density at radius 3 is 2.44 bits per heavy atom. The number of anilines is 2. The number of carbonyl (C=O) groups is 1. The molecule has 2 aromatic carbocycles. The molecule has 0 saturated carbocycles. The van der Waals surface area contributed by atoms with Crippen molar-refractivity contribution in [3.8, 4) is 5.75 Å². The molecule has 0 saturated heterocycles. The van der Waals surface area contributed by atoms with Gasteiger partial charge in [-0.2, -0.15) is 0 Å². The van der Waals surface area contributed by atoms with Gasteiger partial charge < -0.3 is 19.9 Å². The lowest BCUT2D eigenvalue weighted by atomic mass is 10.2. The first-order chi connectivity index (χ1) is 13.1. The molecule has 3 aromatic rings. The van der Waals surface area contributed by atoms with Gasteiger partial charge in [-0.1, -0.05) is 46.3 Å². The maximum atomic E-state index is 12.7. The highest BCUT2D eigenvalue weighted by molar-refractivity contribution is 9.10. The molecule has 0 unspecified atom stereocenters. The van der Waals surface area contributed by atoms with Crippen LogP contribution in [0, 0.1) is 0 Å². The highest BCUT2D eigenvalue weighted by Gasteiger charge is 2.11. The van der Waals surface area contributed by atoms with Crippen molar-refractivity contribution < 1.29 is 9.53 Å². The van der Waals surface area contributed by atoms with Crippen LogP contribution in [0.1, 0.15) is 5.56 Å². The van der Waals surface area contributed by atoms with Gasteiger partial charge in [-0.25, -0.2) is 4.79 Å². The smallest absolute Gasteiger partial charge is 0.323 e. The number of urea groups is 1. The second-order valence-electron chi connectivity index (χ2n) is 5.73. The van der Waals surface area contributed by atoms with Crippen LogP contribution in [0.15, 0.2) is 76.1 Å². The fourth-order valence-corrected chi connectivity index (χ4v) is 3.00. The number of carbonyl (C=O) groups excluding carboxylic acids is 1. The number of pyridine rings is 1. The molecular formula is C20H18BrN3O3. The number of amides is 2. The second-order valence-corrected chi connectivity index (χ2v) is 6.58. The molecule has 27 heavy (non-hydrogen) atoms. The van der Waals surface area contributed by atoms with Crippen molar-refractivity contribution in [3.05, 3.63) is 87.3 Å². The molecule has 0 aliphatic carbocycles.